The molecule has 0 saturated carbocycles. The van der Waals surface area contributed by atoms with Crippen molar-refractivity contribution in [3.8, 4) is 0 Å². The SMILES string of the molecule is CCc1c(Cl)cccc1N1CCNCC1. The van der Waals surface area contributed by atoms with Gasteiger partial charge in [0.05, 0.1) is 0 Å². The molecule has 15 heavy (non-hydrogen) atoms. The average Bonchev–Trinajstić information content (AvgIpc) is 2.30. The highest BCUT2D eigenvalue weighted by Gasteiger charge is 2.14. The molecule has 82 valence electrons. The lowest BCUT2D eigenvalue weighted by Crippen LogP contribution is -2.43. The van der Waals surface area contributed by atoms with Crippen molar-refractivity contribution < 1.29 is 0 Å². The first-order valence-corrected chi connectivity index (χ1v) is 5.93. The van der Waals surface area contributed by atoms with Crippen molar-refractivity contribution in [3.63, 3.8) is 0 Å². The van der Waals surface area contributed by atoms with Gasteiger partial charge in [-0.05, 0) is 24.1 Å². The third-order valence-electron chi connectivity index (χ3n) is 2.91. The van der Waals surface area contributed by atoms with Gasteiger partial charge in [0, 0.05) is 36.9 Å². The largest absolute Gasteiger partial charge is 0.369 e. The number of benzene rings is 1. The van der Waals surface area contributed by atoms with Crippen molar-refractivity contribution in [2.75, 3.05) is 31.1 Å². The topological polar surface area (TPSA) is 15.3 Å². The Hall–Kier alpha value is -0.730. The van der Waals surface area contributed by atoms with Gasteiger partial charge >= 0.3 is 0 Å². The second-order valence-electron chi connectivity index (χ2n) is 3.83. The van der Waals surface area contributed by atoms with Gasteiger partial charge in [-0.25, -0.2) is 0 Å². The molecule has 1 N–H and O–H groups in total. The fourth-order valence-electron chi connectivity index (χ4n) is 2.10. The Balaban J connectivity index is 2.29. The van der Waals surface area contributed by atoms with Gasteiger partial charge in [0.2, 0.25) is 0 Å². The van der Waals surface area contributed by atoms with E-state index in [-0.39, 0.29) is 0 Å². The van der Waals surface area contributed by atoms with Gasteiger partial charge in [0.25, 0.3) is 0 Å². The van der Waals surface area contributed by atoms with Gasteiger partial charge in [-0.1, -0.05) is 24.6 Å². The zero-order valence-corrected chi connectivity index (χ0v) is 9.85. The Kier molecular flexibility index (Phi) is 3.49. The van der Waals surface area contributed by atoms with E-state index in [4.69, 9.17) is 11.6 Å². The van der Waals surface area contributed by atoms with E-state index >= 15 is 0 Å². The Bertz CT molecular complexity index is 332. The van der Waals surface area contributed by atoms with Gasteiger partial charge in [-0.3, -0.25) is 0 Å². The summed E-state index contributed by atoms with van der Waals surface area (Å²) in [4.78, 5) is 2.42. The van der Waals surface area contributed by atoms with Gasteiger partial charge in [0.1, 0.15) is 0 Å². The molecule has 1 aliphatic heterocycles. The molecule has 1 aromatic rings. The zero-order valence-electron chi connectivity index (χ0n) is 9.09. The summed E-state index contributed by atoms with van der Waals surface area (Å²) < 4.78 is 0. The smallest absolute Gasteiger partial charge is 0.0458 e. The van der Waals surface area contributed by atoms with E-state index < -0.39 is 0 Å². The van der Waals surface area contributed by atoms with E-state index in [2.05, 4.69) is 23.2 Å². The van der Waals surface area contributed by atoms with Crippen LogP contribution < -0.4 is 10.2 Å². The first-order chi connectivity index (χ1) is 7.33. The van der Waals surface area contributed by atoms with Crippen LogP contribution in [-0.4, -0.2) is 26.2 Å². The summed E-state index contributed by atoms with van der Waals surface area (Å²) in [5.74, 6) is 0. The van der Waals surface area contributed by atoms with Crippen molar-refractivity contribution >= 4 is 17.3 Å². The van der Waals surface area contributed by atoms with Crippen LogP contribution in [0.5, 0.6) is 0 Å². The third-order valence-corrected chi connectivity index (χ3v) is 3.26. The quantitative estimate of drug-likeness (QED) is 0.830. The van der Waals surface area contributed by atoms with Gasteiger partial charge in [-0.2, -0.15) is 0 Å². The van der Waals surface area contributed by atoms with Gasteiger partial charge < -0.3 is 10.2 Å². The van der Waals surface area contributed by atoms with E-state index in [1.807, 2.05) is 12.1 Å². The molecule has 2 rings (SSSR count). The molecule has 0 bridgehead atoms. The molecule has 0 aromatic heterocycles. The van der Waals surface area contributed by atoms with Crippen LogP contribution in [-0.2, 0) is 6.42 Å². The minimum absolute atomic E-state index is 0.897. The van der Waals surface area contributed by atoms with E-state index in [0.29, 0.717) is 0 Å². The summed E-state index contributed by atoms with van der Waals surface area (Å²) in [6.07, 6.45) is 0.999. The van der Waals surface area contributed by atoms with Crippen molar-refractivity contribution in [1.82, 2.24) is 5.32 Å². The Morgan fingerprint density at radius 3 is 2.73 bits per heavy atom. The summed E-state index contributed by atoms with van der Waals surface area (Å²) in [6, 6.07) is 6.20. The normalized spacial score (nSPS) is 16.8. The van der Waals surface area contributed by atoms with Crippen LogP contribution in [0, 0.1) is 0 Å². The first-order valence-electron chi connectivity index (χ1n) is 5.56. The summed E-state index contributed by atoms with van der Waals surface area (Å²) >= 11 is 6.21. The Morgan fingerprint density at radius 1 is 1.33 bits per heavy atom. The highest BCUT2D eigenvalue weighted by atomic mass is 35.5. The molecule has 1 saturated heterocycles. The van der Waals surface area contributed by atoms with Crippen molar-refractivity contribution in [2.24, 2.45) is 0 Å². The van der Waals surface area contributed by atoms with E-state index in [1.54, 1.807) is 0 Å². The summed E-state index contributed by atoms with van der Waals surface area (Å²) in [7, 11) is 0. The molecule has 3 heteroatoms. The summed E-state index contributed by atoms with van der Waals surface area (Å²) in [5.41, 5.74) is 2.59. The lowest BCUT2D eigenvalue weighted by molar-refractivity contribution is 0.588. The van der Waals surface area contributed by atoms with E-state index in [1.165, 1.54) is 11.3 Å². The van der Waals surface area contributed by atoms with Crippen LogP contribution in [0.3, 0.4) is 0 Å². The monoisotopic (exact) mass is 224 g/mol. The number of nitrogens with one attached hydrogen (secondary N) is 1. The molecule has 0 amide bonds. The average molecular weight is 225 g/mol. The molecule has 1 heterocycles. The maximum Gasteiger partial charge on any atom is 0.0458 e. The number of nitrogens with zero attached hydrogens (tertiary/aromatic N) is 1. The first kappa shape index (κ1) is 10.8. The number of hydrogen-bond acceptors (Lipinski definition) is 2. The number of piperazine rings is 1. The minimum atomic E-state index is 0.897. The molecule has 1 fully saturated rings. The fourth-order valence-corrected chi connectivity index (χ4v) is 2.40. The van der Waals surface area contributed by atoms with Crippen molar-refractivity contribution in [2.45, 2.75) is 13.3 Å². The van der Waals surface area contributed by atoms with Gasteiger partial charge in [0.15, 0.2) is 0 Å². The predicted molar refractivity (Wildman–Crippen MR) is 65.9 cm³/mol. The molecule has 0 unspecified atom stereocenters. The van der Waals surface area contributed by atoms with Crippen molar-refractivity contribution in [3.05, 3.63) is 28.8 Å². The maximum absolute atomic E-state index is 6.21. The van der Waals surface area contributed by atoms with Crippen molar-refractivity contribution in [1.29, 1.82) is 0 Å². The van der Waals surface area contributed by atoms with Crippen LogP contribution >= 0.6 is 11.6 Å². The highest BCUT2D eigenvalue weighted by molar-refractivity contribution is 6.31. The molecule has 0 aliphatic carbocycles. The van der Waals surface area contributed by atoms with Crippen LogP contribution in [0.15, 0.2) is 18.2 Å². The molecule has 2 nitrogen and oxygen atoms in total. The zero-order chi connectivity index (χ0) is 10.7. The van der Waals surface area contributed by atoms with E-state index in [9.17, 15) is 0 Å². The van der Waals surface area contributed by atoms with E-state index in [0.717, 1.165) is 37.6 Å². The molecular formula is C12H17ClN2. The number of hydrogen-bond donors (Lipinski definition) is 1. The lowest BCUT2D eigenvalue weighted by Gasteiger charge is -2.31. The second-order valence-corrected chi connectivity index (χ2v) is 4.24. The fraction of sp³-hybridized carbons (Fsp3) is 0.500. The molecule has 1 aliphatic rings. The molecule has 0 atom stereocenters. The summed E-state index contributed by atoms with van der Waals surface area (Å²) in [6.45, 7) is 6.44. The maximum atomic E-state index is 6.21. The molecule has 0 radical (unpaired) electrons. The minimum Gasteiger partial charge on any atom is -0.369 e. The van der Waals surface area contributed by atoms with Crippen LogP contribution in [0.1, 0.15) is 12.5 Å². The molecule has 0 spiro atoms. The standard InChI is InChI=1S/C12H17ClN2/c1-2-10-11(13)4-3-5-12(10)15-8-6-14-7-9-15/h3-5,14H,2,6-9H2,1H3. The lowest BCUT2D eigenvalue weighted by atomic mass is 10.1. The Labute approximate surface area is 96.2 Å². The number of anilines is 1. The number of rotatable bonds is 2. The van der Waals surface area contributed by atoms with Gasteiger partial charge in [-0.15, -0.1) is 0 Å². The summed E-state index contributed by atoms with van der Waals surface area (Å²) in [5, 5.41) is 4.26. The number of halogens is 1. The predicted octanol–water partition coefficient (Wildman–Crippen LogP) is 2.31. The second kappa shape index (κ2) is 4.86. The third kappa shape index (κ3) is 2.27. The van der Waals surface area contributed by atoms with Crippen LogP contribution in [0.2, 0.25) is 5.02 Å². The Morgan fingerprint density at radius 2 is 2.07 bits per heavy atom. The van der Waals surface area contributed by atoms with Crippen LogP contribution in [0.25, 0.3) is 0 Å². The molecular weight excluding hydrogens is 208 g/mol. The molecule has 1 aromatic carbocycles. The highest BCUT2D eigenvalue weighted by Crippen LogP contribution is 2.28. The van der Waals surface area contributed by atoms with Crippen LogP contribution in [0.4, 0.5) is 5.69 Å².